The van der Waals surface area contributed by atoms with Crippen LogP contribution in [0.4, 0.5) is 17.5 Å². The number of ether oxygens (including phenoxy) is 1. The maximum Gasteiger partial charge on any atom is 0.241 e. The third kappa shape index (κ3) is 5.51. The van der Waals surface area contributed by atoms with E-state index in [0.717, 1.165) is 65.2 Å². The van der Waals surface area contributed by atoms with E-state index in [1.807, 2.05) is 23.8 Å². The number of aromatic nitrogens is 2. The van der Waals surface area contributed by atoms with Crippen LogP contribution in [0.25, 0.3) is 11.1 Å². The van der Waals surface area contributed by atoms with Gasteiger partial charge in [-0.05, 0) is 44.9 Å². The largest absolute Gasteiger partial charge is 0.496 e. The number of rotatable bonds is 10. The predicted molar refractivity (Wildman–Crippen MR) is 141 cm³/mol. The highest BCUT2D eigenvalue weighted by Crippen LogP contribution is 2.45. The summed E-state index contributed by atoms with van der Waals surface area (Å²) in [4.78, 5) is 25.9. The van der Waals surface area contributed by atoms with Gasteiger partial charge in [0.1, 0.15) is 11.6 Å². The number of hydrogen-bond acceptors (Lipinski definition) is 8. The second kappa shape index (κ2) is 11.7. The number of anilines is 3. The SMILES string of the molecule is CCCC(CO)Nc1nc(N)nc(C)c1-c1c(CC)cc(N2CCN(C)CC2=O)c(CC)c1OC. The van der Waals surface area contributed by atoms with Crippen molar-refractivity contribution in [1.82, 2.24) is 14.9 Å². The van der Waals surface area contributed by atoms with Gasteiger partial charge in [0, 0.05) is 29.8 Å². The maximum atomic E-state index is 13.0. The van der Waals surface area contributed by atoms with Crippen LogP contribution in [0.5, 0.6) is 5.75 Å². The van der Waals surface area contributed by atoms with Crippen molar-refractivity contribution in [3.05, 3.63) is 22.9 Å². The van der Waals surface area contributed by atoms with Crippen LogP contribution in [-0.4, -0.2) is 72.3 Å². The number of amides is 1. The first kappa shape index (κ1) is 26.7. The number of piperazine rings is 1. The van der Waals surface area contributed by atoms with Crippen molar-refractivity contribution in [2.75, 3.05) is 56.3 Å². The van der Waals surface area contributed by atoms with Gasteiger partial charge < -0.3 is 25.8 Å². The molecular weight excluding hydrogens is 444 g/mol. The normalized spacial score (nSPS) is 15.4. The number of nitrogens with one attached hydrogen (secondary N) is 1. The summed E-state index contributed by atoms with van der Waals surface area (Å²) in [6.07, 6.45) is 3.14. The first-order valence-corrected chi connectivity index (χ1v) is 12.5. The van der Waals surface area contributed by atoms with Crippen LogP contribution in [0, 0.1) is 6.92 Å². The van der Waals surface area contributed by atoms with Gasteiger partial charge in [-0.3, -0.25) is 9.69 Å². The molecule has 1 aromatic heterocycles. The van der Waals surface area contributed by atoms with Crippen molar-refractivity contribution < 1.29 is 14.6 Å². The summed E-state index contributed by atoms with van der Waals surface area (Å²) < 4.78 is 6.06. The van der Waals surface area contributed by atoms with Crippen LogP contribution in [0.15, 0.2) is 6.07 Å². The van der Waals surface area contributed by atoms with E-state index in [9.17, 15) is 9.90 Å². The number of carbonyl (C=O) groups excluding carboxylic acids is 1. The number of benzene rings is 1. The number of aliphatic hydroxyl groups is 1. The number of aliphatic hydroxyl groups excluding tert-OH is 1. The first-order chi connectivity index (χ1) is 16.8. The molecule has 35 heavy (non-hydrogen) atoms. The number of likely N-dealkylation sites (N-methyl/N-ethyl adjacent to an activating group) is 1. The van der Waals surface area contributed by atoms with Gasteiger partial charge in [0.2, 0.25) is 11.9 Å². The number of nitrogens with two attached hydrogens (primary N) is 1. The lowest BCUT2D eigenvalue weighted by molar-refractivity contribution is -0.120. The Morgan fingerprint density at radius 3 is 2.51 bits per heavy atom. The lowest BCUT2D eigenvalue weighted by atomic mass is 9.90. The molecule has 0 saturated carbocycles. The first-order valence-electron chi connectivity index (χ1n) is 12.5. The van der Waals surface area contributed by atoms with Gasteiger partial charge in [-0.1, -0.05) is 27.2 Å². The van der Waals surface area contributed by atoms with Crippen molar-refractivity contribution in [2.45, 2.75) is 59.4 Å². The highest BCUT2D eigenvalue weighted by Gasteiger charge is 2.30. The van der Waals surface area contributed by atoms with Crippen LogP contribution in [-0.2, 0) is 17.6 Å². The third-order valence-corrected chi connectivity index (χ3v) is 6.64. The summed E-state index contributed by atoms with van der Waals surface area (Å²) in [6.45, 7) is 9.99. The maximum absolute atomic E-state index is 13.0. The molecule has 0 bridgehead atoms. The Hall–Kier alpha value is -2.91. The Morgan fingerprint density at radius 2 is 1.94 bits per heavy atom. The second-order valence-corrected chi connectivity index (χ2v) is 9.14. The highest BCUT2D eigenvalue weighted by molar-refractivity contribution is 5.98. The molecule has 3 rings (SSSR count). The van der Waals surface area contributed by atoms with E-state index in [1.54, 1.807) is 7.11 Å². The summed E-state index contributed by atoms with van der Waals surface area (Å²) >= 11 is 0. The second-order valence-electron chi connectivity index (χ2n) is 9.14. The van der Waals surface area contributed by atoms with Crippen LogP contribution in [0.3, 0.4) is 0 Å². The van der Waals surface area contributed by atoms with E-state index in [4.69, 9.17) is 10.5 Å². The van der Waals surface area contributed by atoms with Gasteiger partial charge in [0.15, 0.2) is 0 Å². The van der Waals surface area contributed by atoms with Gasteiger partial charge in [-0.15, -0.1) is 0 Å². The molecule has 1 atom stereocenters. The molecule has 1 fully saturated rings. The van der Waals surface area contributed by atoms with E-state index in [0.29, 0.717) is 25.3 Å². The van der Waals surface area contributed by atoms with Crippen LogP contribution >= 0.6 is 0 Å². The molecule has 0 spiro atoms. The fourth-order valence-corrected chi connectivity index (χ4v) is 4.89. The molecule has 9 heteroatoms. The van der Waals surface area contributed by atoms with Gasteiger partial charge in [-0.2, -0.15) is 4.98 Å². The average Bonchev–Trinajstić information content (AvgIpc) is 2.82. The van der Waals surface area contributed by atoms with Gasteiger partial charge in [0.05, 0.1) is 37.7 Å². The summed E-state index contributed by atoms with van der Waals surface area (Å²) in [5.74, 6) is 1.57. The molecule has 0 aliphatic carbocycles. The Bertz CT molecular complexity index is 1060. The molecule has 1 aliphatic rings. The zero-order chi connectivity index (χ0) is 25.7. The molecule has 1 amide bonds. The van der Waals surface area contributed by atoms with Crippen LogP contribution in [0.2, 0.25) is 0 Å². The average molecular weight is 485 g/mol. The zero-order valence-corrected chi connectivity index (χ0v) is 21.9. The van der Waals surface area contributed by atoms with Crippen molar-refractivity contribution >= 4 is 23.4 Å². The smallest absolute Gasteiger partial charge is 0.241 e. The number of carbonyl (C=O) groups is 1. The van der Waals surface area contributed by atoms with E-state index >= 15 is 0 Å². The third-order valence-electron chi connectivity index (χ3n) is 6.64. The Kier molecular flexibility index (Phi) is 8.91. The molecule has 192 valence electrons. The van der Waals surface area contributed by atoms with Crippen LogP contribution < -0.4 is 20.7 Å². The molecule has 1 saturated heterocycles. The predicted octanol–water partition coefficient (Wildman–Crippen LogP) is 3.02. The summed E-state index contributed by atoms with van der Waals surface area (Å²) in [7, 11) is 3.63. The number of methoxy groups -OCH3 is 1. The number of hydrogen-bond donors (Lipinski definition) is 3. The molecule has 1 aromatic carbocycles. The molecule has 4 N–H and O–H groups in total. The van der Waals surface area contributed by atoms with Gasteiger partial charge in [0.25, 0.3) is 0 Å². The molecule has 2 aromatic rings. The Morgan fingerprint density at radius 1 is 1.20 bits per heavy atom. The van der Waals surface area contributed by atoms with Crippen molar-refractivity contribution in [1.29, 1.82) is 0 Å². The summed E-state index contributed by atoms with van der Waals surface area (Å²) in [6, 6.07) is 1.96. The standard InChI is InChI=1S/C26H40N6O3/c1-7-10-18(15-33)29-25-22(16(4)28-26(27)30-25)23-17(8-2)13-20(19(9-3)24(23)35-6)32-12-11-31(5)14-21(32)34/h13,18,33H,7-12,14-15H2,1-6H3,(H3,27,28,29,30). The molecular formula is C26H40N6O3. The topological polar surface area (TPSA) is 117 Å². The lowest BCUT2D eigenvalue weighted by Gasteiger charge is -2.34. The molecule has 2 heterocycles. The summed E-state index contributed by atoms with van der Waals surface area (Å²) in [5.41, 5.74) is 11.4. The van der Waals surface area contributed by atoms with Gasteiger partial charge >= 0.3 is 0 Å². The van der Waals surface area contributed by atoms with Gasteiger partial charge in [-0.25, -0.2) is 4.98 Å². The summed E-state index contributed by atoms with van der Waals surface area (Å²) in [5, 5.41) is 13.3. The molecule has 1 unspecified atom stereocenters. The molecule has 9 nitrogen and oxygen atoms in total. The number of nitrogen functional groups attached to an aromatic ring is 1. The minimum atomic E-state index is -0.156. The van der Waals surface area contributed by atoms with Crippen molar-refractivity contribution in [3.63, 3.8) is 0 Å². The quantitative estimate of drug-likeness (QED) is 0.471. The fraction of sp³-hybridized carbons (Fsp3) is 0.577. The Labute approximate surface area is 208 Å². The highest BCUT2D eigenvalue weighted by atomic mass is 16.5. The number of aryl methyl sites for hydroxylation is 2. The molecule has 1 aliphatic heterocycles. The van der Waals surface area contributed by atoms with Crippen molar-refractivity contribution in [3.8, 4) is 16.9 Å². The fourth-order valence-electron chi connectivity index (χ4n) is 4.89. The van der Waals surface area contributed by atoms with Crippen LogP contribution in [0.1, 0.15) is 50.4 Å². The Balaban J connectivity index is 2.27. The van der Waals surface area contributed by atoms with E-state index in [-0.39, 0.29) is 24.5 Å². The molecule has 0 radical (unpaired) electrons. The number of nitrogens with zero attached hydrogens (tertiary/aromatic N) is 4. The van der Waals surface area contributed by atoms with E-state index < -0.39 is 0 Å². The van der Waals surface area contributed by atoms with E-state index in [1.165, 1.54) is 0 Å². The van der Waals surface area contributed by atoms with E-state index in [2.05, 4.69) is 42.1 Å². The van der Waals surface area contributed by atoms with Crippen molar-refractivity contribution in [2.24, 2.45) is 0 Å². The lowest BCUT2D eigenvalue weighted by Crippen LogP contribution is -2.49. The zero-order valence-electron chi connectivity index (χ0n) is 21.9. The minimum Gasteiger partial charge on any atom is -0.496 e. The monoisotopic (exact) mass is 484 g/mol. The minimum absolute atomic E-state index is 0.0152.